The molecule has 1 rings (SSSR count). The summed E-state index contributed by atoms with van der Waals surface area (Å²) in [5.41, 5.74) is 1.99. The molecule has 0 aliphatic rings. The van der Waals surface area contributed by atoms with Gasteiger partial charge in [-0.1, -0.05) is 39.8 Å². The molecule has 17 heavy (non-hydrogen) atoms. The Balaban J connectivity index is 0. The molecule has 98 valence electrons. The van der Waals surface area contributed by atoms with Crippen LogP contribution in [0.5, 0.6) is 0 Å². The minimum Gasteiger partial charge on any atom is -0.350 e. The van der Waals surface area contributed by atoms with Crippen LogP contribution in [0.25, 0.3) is 0 Å². The quantitative estimate of drug-likeness (QED) is 0.838. The minimum absolute atomic E-state index is 0. The summed E-state index contributed by atoms with van der Waals surface area (Å²) in [6.45, 7) is 12.2. The number of carbonyl (C=O) groups excluding carboxylic acids is 1. The monoisotopic (exact) mass is 237 g/mol. The fourth-order valence-electron chi connectivity index (χ4n) is 1.36. The fraction of sp³-hybridized carbons (Fsp3) is 0.533. The Hall–Kier alpha value is -1.31. The van der Waals surface area contributed by atoms with Crippen molar-refractivity contribution in [2.24, 2.45) is 0 Å². The van der Waals surface area contributed by atoms with Crippen molar-refractivity contribution in [3.8, 4) is 0 Å². The van der Waals surface area contributed by atoms with Crippen LogP contribution >= 0.6 is 0 Å². The zero-order valence-corrected chi connectivity index (χ0v) is 11.9. The van der Waals surface area contributed by atoms with Crippen LogP contribution in [0.1, 0.15) is 64.8 Å². The van der Waals surface area contributed by atoms with Gasteiger partial charge < -0.3 is 5.32 Å². The summed E-state index contributed by atoms with van der Waals surface area (Å²) in [5, 5.41) is 2.87. The van der Waals surface area contributed by atoms with Crippen molar-refractivity contribution in [2.45, 2.75) is 53.5 Å². The van der Waals surface area contributed by atoms with Crippen LogP contribution in [-0.4, -0.2) is 11.9 Å². The molecule has 1 amide bonds. The number of nitrogens with one attached hydrogen (secondary N) is 1. The van der Waals surface area contributed by atoms with Gasteiger partial charge in [0.15, 0.2) is 0 Å². The summed E-state index contributed by atoms with van der Waals surface area (Å²) in [6, 6.07) is 7.97. The molecule has 0 fully saturated rings. The Labute approximate surface area is 107 Å². The molecule has 0 heterocycles. The number of benzene rings is 1. The Morgan fingerprint density at radius 3 is 1.88 bits per heavy atom. The summed E-state index contributed by atoms with van der Waals surface area (Å²) in [4.78, 5) is 11.6. The lowest BCUT2D eigenvalue weighted by molar-refractivity contribution is 0.0943. The lowest BCUT2D eigenvalue weighted by Gasteiger charge is -2.09. The number of carbonyl (C=O) groups is 1. The van der Waals surface area contributed by atoms with Crippen LogP contribution in [0.3, 0.4) is 0 Å². The van der Waals surface area contributed by atoms with Crippen molar-refractivity contribution in [3.05, 3.63) is 35.4 Å². The van der Waals surface area contributed by atoms with Crippen molar-refractivity contribution >= 4 is 5.91 Å². The van der Waals surface area contributed by atoms with Gasteiger partial charge in [-0.15, -0.1) is 0 Å². The highest BCUT2D eigenvalue weighted by molar-refractivity contribution is 5.94. The van der Waals surface area contributed by atoms with Gasteiger partial charge in [-0.25, -0.2) is 0 Å². The molecular formula is C15H27NO. The largest absolute Gasteiger partial charge is 0.350 e. The van der Waals surface area contributed by atoms with E-state index in [1.54, 1.807) is 0 Å². The van der Waals surface area contributed by atoms with E-state index in [0.717, 1.165) is 5.56 Å². The van der Waals surface area contributed by atoms with E-state index in [0.29, 0.717) is 5.92 Å². The second kappa shape index (κ2) is 7.88. The van der Waals surface area contributed by atoms with E-state index in [9.17, 15) is 4.79 Å². The molecule has 0 aromatic heterocycles. The average molecular weight is 237 g/mol. The Kier molecular flexibility index (Phi) is 7.27. The van der Waals surface area contributed by atoms with Crippen LogP contribution in [0.2, 0.25) is 0 Å². The molecular weight excluding hydrogens is 210 g/mol. The molecule has 2 heteroatoms. The highest BCUT2D eigenvalue weighted by atomic mass is 16.1. The van der Waals surface area contributed by atoms with E-state index in [1.807, 2.05) is 52.0 Å². The molecule has 0 atom stereocenters. The number of hydrogen-bond donors (Lipinski definition) is 1. The van der Waals surface area contributed by atoms with E-state index in [1.165, 1.54) is 5.56 Å². The molecule has 2 nitrogen and oxygen atoms in total. The third-order valence-electron chi connectivity index (χ3n) is 2.26. The first kappa shape index (κ1) is 15.7. The summed E-state index contributed by atoms with van der Waals surface area (Å²) in [7, 11) is 0. The lowest BCUT2D eigenvalue weighted by atomic mass is 10.0. The van der Waals surface area contributed by atoms with Crippen molar-refractivity contribution in [1.29, 1.82) is 0 Å². The molecule has 0 aliphatic carbocycles. The maximum absolute atomic E-state index is 11.6. The van der Waals surface area contributed by atoms with Crippen molar-refractivity contribution < 1.29 is 6.22 Å². The van der Waals surface area contributed by atoms with Gasteiger partial charge in [-0.05, 0) is 37.5 Å². The third kappa shape index (κ3) is 5.53. The molecule has 1 N–H and O–H groups in total. The first-order valence-corrected chi connectivity index (χ1v) is 6.41. The first-order chi connectivity index (χ1) is 8.00. The Morgan fingerprint density at radius 2 is 1.53 bits per heavy atom. The van der Waals surface area contributed by atoms with E-state index in [4.69, 9.17) is 0 Å². The van der Waals surface area contributed by atoms with Gasteiger partial charge in [-0.2, -0.15) is 0 Å². The third-order valence-corrected chi connectivity index (χ3v) is 2.26. The predicted octanol–water partition coefficient (Wildman–Crippen LogP) is 4.22. The predicted molar refractivity (Wildman–Crippen MR) is 76.6 cm³/mol. The number of rotatable bonds is 3. The summed E-state index contributed by atoms with van der Waals surface area (Å²) in [5.74, 6) is 0.507. The van der Waals surface area contributed by atoms with Gasteiger partial charge in [0.05, 0.1) is 0 Å². The molecule has 0 spiro atoms. The van der Waals surface area contributed by atoms with E-state index in [-0.39, 0.29) is 13.4 Å². The van der Waals surface area contributed by atoms with Gasteiger partial charge >= 0.3 is 0 Å². The average Bonchev–Trinajstić information content (AvgIpc) is 2.31. The first-order valence-electron chi connectivity index (χ1n) is 6.41. The number of hydrogen-bond acceptors (Lipinski definition) is 1. The maximum atomic E-state index is 11.6. The van der Waals surface area contributed by atoms with Crippen LogP contribution in [0.15, 0.2) is 24.3 Å². The van der Waals surface area contributed by atoms with E-state index < -0.39 is 0 Å². The molecule has 0 aliphatic heterocycles. The standard InChI is InChI=1S/C13H19NO.C2H6.H2/c1-9(2)11-5-7-12(8-6-11)13(15)14-10(3)4;1-2;/h5-10H,1-4H3,(H,14,15);1-2H3;1H. The summed E-state index contributed by atoms with van der Waals surface area (Å²) >= 11 is 0. The van der Waals surface area contributed by atoms with Gasteiger partial charge in [0.1, 0.15) is 0 Å². The van der Waals surface area contributed by atoms with Crippen molar-refractivity contribution in [1.82, 2.24) is 5.32 Å². The summed E-state index contributed by atoms with van der Waals surface area (Å²) < 4.78 is 0. The molecule has 0 bridgehead atoms. The SMILES string of the molecule is CC.CC(C)NC(=O)c1ccc(C(C)C)cc1.[HH]. The Morgan fingerprint density at radius 1 is 1.06 bits per heavy atom. The van der Waals surface area contributed by atoms with Gasteiger partial charge in [0.2, 0.25) is 0 Å². The Bertz CT molecular complexity index is 331. The molecule has 1 aromatic carbocycles. The van der Waals surface area contributed by atoms with Crippen LogP contribution in [-0.2, 0) is 0 Å². The topological polar surface area (TPSA) is 29.1 Å². The molecule has 0 saturated heterocycles. The fourth-order valence-corrected chi connectivity index (χ4v) is 1.36. The molecule has 0 unspecified atom stereocenters. The highest BCUT2D eigenvalue weighted by Gasteiger charge is 2.06. The molecule has 0 radical (unpaired) electrons. The van der Waals surface area contributed by atoms with Crippen LogP contribution < -0.4 is 5.32 Å². The molecule has 1 aromatic rings. The second-order valence-electron chi connectivity index (χ2n) is 4.40. The minimum atomic E-state index is 0. The molecule has 0 saturated carbocycles. The van der Waals surface area contributed by atoms with Gasteiger partial charge in [-0.3, -0.25) is 4.79 Å². The zero-order chi connectivity index (χ0) is 13.4. The number of amides is 1. The normalized spacial score (nSPS) is 9.88. The smallest absolute Gasteiger partial charge is 0.251 e. The van der Waals surface area contributed by atoms with E-state index >= 15 is 0 Å². The lowest BCUT2D eigenvalue weighted by Crippen LogP contribution is -2.29. The van der Waals surface area contributed by atoms with Gasteiger partial charge in [0.25, 0.3) is 5.91 Å². The van der Waals surface area contributed by atoms with Crippen molar-refractivity contribution in [3.63, 3.8) is 0 Å². The summed E-state index contributed by atoms with van der Waals surface area (Å²) in [6.07, 6.45) is 0. The second-order valence-corrected chi connectivity index (χ2v) is 4.40. The van der Waals surface area contributed by atoms with Crippen molar-refractivity contribution in [2.75, 3.05) is 0 Å². The van der Waals surface area contributed by atoms with Crippen LogP contribution in [0, 0.1) is 0 Å². The van der Waals surface area contributed by atoms with Gasteiger partial charge in [0, 0.05) is 13.0 Å². The van der Waals surface area contributed by atoms with Crippen LogP contribution in [0.4, 0.5) is 0 Å². The van der Waals surface area contributed by atoms with E-state index in [2.05, 4.69) is 19.2 Å². The highest BCUT2D eigenvalue weighted by Crippen LogP contribution is 2.14. The zero-order valence-electron chi connectivity index (χ0n) is 11.9. The maximum Gasteiger partial charge on any atom is 0.251 e.